The number of carbonyl (C=O) groups excluding carboxylic acids is 1. The van der Waals surface area contributed by atoms with Crippen LogP contribution in [-0.4, -0.2) is 30.0 Å². The maximum atomic E-state index is 12.3. The third-order valence-electron chi connectivity index (χ3n) is 3.82. The summed E-state index contributed by atoms with van der Waals surface area (Å²) in [5.74, 6) is 1.39. The first kappa shape index (κ1) is 15.9. The number of nitrogens with zero attached hydrogens (tertiary/aromatic N) is 3. The van der Waals surface area contributed by atoms with E-state index in [1.165, 1.54) is 0 Å². The van der Waals surface area contributed by atoms with Crippen LogP contribution < -0.4 is 10.2 Å². The highest BCUT2D eigenvalue weighted by atomic mass is 16.1. The Bertz CT molecular complexity index is 855. The highest BCUT2D eigenvalue weighted by Gasteiger charge is 2.08. The number of anilines is 1. The summed E-state index contributed by atoms with van der Waals surface area (Å²) < 4.78 is 0. The Morgan fingerprint density at radius 3 is 2.71 bits per heavy atom. The summed E-state index contributed by atoms with van der Waals surface area (Å²) in [6.07, 6.45) is 2.04. The maximum Gasteiger partial charge on any atom is 0.224 e. The van der Waals surface area contributed by atoms with Crippen LogP contribution in [0.15, 0.2) is 54.7 Å². The number of carbonyl (C=O) groups is 1. The van der Waals surface area contributed by atoms with Gasteiger partial charge in [0.25, 0.3) is 0 Å². The van der Waals surface area contributed by atoms with Gasteiger partial charge in [-0.2, -0.15) is 0 Å². The maximum absolute atomic E-state index is 12.3. The highest BCUT2D eigenvalue weighted by molar-refractivity contribution is 5.90. The summed E-state index contributed by atoms with van der Waals surface area (Å²) >= 11 is 0. The van der Waals surface area contributed by atoms with Crippen molar-refractivity contribution in [3.63, 3.8) is 0 Å². The molecule has 1 N–H and O–H groups in total. The smallest absolute Gasteiger partial charge is 0.224 e. The Hall–Kier alpha value is -2.95. The Morgan fingerprint density at radius 2 is 1.88 bits per heavy atom. The first-order chi connectivity index (χ1) is 11.6. The molecule has 0 bridgehead atoms. The number of hydrogen-bond donors (Lipinski definition) is 1. The van der Waals surface area contributed by atoms with Crippen molar-refractivity contribution in [1.29, 1.82) is 0 Å². The van der Waals surface area contributed by atoms with Gasteiger partial charge in [-0.15, -0.1) is 0 Å². The van der Waals surface area contributed by atoms with Gasteiger partial charge in [0.05, 0.1) is 13.0 Å². The van der Waals surface area contributed by atoms with E-state index < -0.39 is 0 Å². The van der Waals surface area contributed by atoms with E-state index in [0.717, 1.165) is 22.2 Å². The third kappa shape index (κ3) is 3.68. The Morgan fingerprint density at radius 1 is 1.08 bits per heavy atom. The van der Waals surface area contributed by atoms with Crippen molar-refractivity contribution in [1.82, 2.24) is 15.3 Å². The van der Waals surface area contributed by atoms with Crippen LogP contribution in [0, 0.1) is 0 Å². The van der Waals surface area contributed by atoms with Gasteiger partial charge in [0.15, 0.2) is 0 Å². The predicted molar refractivity (Wildman–Crippen MR) is 95.9 cm³/mol. The van der Waals surface area contributed by atoms with Crippen LogP contribution in [-0.2, 0) is 17.8 Å². The molecule has 0 spiro atoms. The topological polar surface area (TPSA) is 58.1 Å². The lowest BCUT2D eigenvalue weighted by molar-refractivity contribution is -0.120. The molecule has 0 fully saturated rings. The standard InChI is InChI=1S/C19H20N4O/c1-23(2)18-10-11-20-17(22-18)13-21-19(24)12-15-8-5-7-14-6-3-4-9-16(14)15/h3-11H,12-13H2,1-2H3,(H,21,24). The molecule has 3 rings (SSSR count). The van der Waals surface area contributed by atoms with Gasteiger partial charge in [-0.25, -0.2) is 9.97 Å². The molecule has 0 saturated heterocycles. The molecule has 3 aromatic rings. The SMILES string of the molecule is CN(C)c1ccnc(CNC(=O)Cc2cccc3ccccc23)n1. The number of hydrogen-bond acceptors (Lipinski definition) is 4. The van der Waals surface area contributed by atoms with Gasteiger partial charge in [-0.05, 0) is 22.4 Å². The van der Waals surface area contributed by atoms with Crippen LogP contribution >= 0.6 is 0 Å². The molecule has 0 aliphatic heterocycles. The minimum atomic E-state index is -0.0368. The average Bonchev–Trinajstić information content (AvgIpc) is 2.60. The number of fused-ring (bicyclic) bond motifs is 1. The molecule has 2 aromatic carbocycles. The van der Waals surface area contributed by atoms with E-state index in [9.17, 15) is 4.79 Å². The summed E-state index contributed by atoms with van der Waals surface area (Å²) in [4.78, 5) is 22.8. The fourth-order valence-corrected chi connectivity index (χ4v) is 2.58. The van der Waals surface area contributed by atoms with E-state index in [4.69, 9.17) is 0 Å². The van der Waals surface area contributed by atoms with Gasteiger partial charge in [0, 0.05) is 20.3 Å². The number of nitrogens with one attached hydrogen (secondary N) is 1. The molecule has 0 aliphatic carbocycles. The van der Waals surface area contributed by atoms with Crippen molar-refractivity contribution in [2.45, 2.75) is 13.0 Å². The fourth-order valence-electron chi connectivity index (χ4n) is 2.58. The van der Waals surface area contributed by atoms with Gasteiger partial charge in [0.1, 0.15) is 11.6 Å². The zero-order valence-electron chi connectivity index (χ0n) is 13.9. The van der Waals surface area contributed by atoms with Gasteiger partial charge >= 0.3 is 0 Å². The molecule has 5 nitrogen and oxygen atoms in total. The van der Waals surface area contributed by atoms with E-state index in [1.54, 1.807) is 6.20 Å². The molecule has 0 unspecified atom stereocenters. The molecule has 122 valence electrons. The summed E-state index contributed by atoms with van der Waals surface area (Å²) in [7, 11) is 3.84. The molecule has 5 heteroatoms. The monoisotopic (exact) mass is 320 g/mol. The van der Waals surface area contributed by atoms with Crippen LogP contribution in [0.1, 0.15) is 11.4 Å². The van der Waals surface area contributed by atoms with Crippen LogP contribution in [0.5, 0.6) is 0 Å². The van der Waals surface area contributed by atoms with Crippen molar-refractivity contribution >= 4 is 22.5 Å². The molecule has 0 radical (unpaired) electrons. The lowest BCUT2D eigenvalue weighted by Gasteiger charge is -2.12. The molecule has 0 aliphatic rings. The summed E-state index contributed by atoms with van der Waals surface area (Å²) in [6, 6.07) is 15.9. The Labute approximate surface area is 141 Å². The first-order valence-corrected chi connectivity index (χ1v) is 7.86. The molecular weight excluding hydrogens is 300 g/mol. The van der Waals surface area contributed by atoms with E-state index in [-0.39, 0.29) is 5.91 Å². The van der Waals surface area contributed by atoms with Crippen molar-refractivity contribution in [3.8, 4) is 0 Å². The van der Waals surface area contributed by atoms with Crippen LogP contribution in [0.25, 0.3) is 10.8 Å². The minimum absolute atomic E-state index is 0.0368. The molecule has 1 amide bonds. The summed E-state index contributed by atoms with van der Waals surface area (Å²) in [5, 5.41) is 5.15. The lowest BCUT2D eigenvalue weighted by Crippen LogP contribution is -2.26. The van der Waals surface area contributed by atoms with Crippen LogP contribution in [0.4, 0.5) is 5.82 Å². The quantitative estimate of drug-likeness (QED) is 0.785. The number of amides is 1. The second-order valence-corrected chi connectivity index (χ2v) is 5.82. The van der Waals surface area contributed by atoms with Crippen molar-refractivity contribution in [3.05, 3.63) is 66.1 Å². The van der Waals surface area contributed by atoms with Gasteiger partial charge in [-0.1, -0.05) is 42.5 Å². The van der Waals surface area contributed by atoms with E-state index in [1.807, 2.05) is 55.4 Å². The Kier molecular flexibility index (Phi) is 4.70. The van der Waals surface area contributed by atoms with Crippen molar-refractivity contribution in [2.75, 3.05) is 19.0 Å². The van der Waals surface area contributed by atoms with E-state index in [2.05, 4.69) is 27.4 Å². The summed E-state index contributed by atoms with van der Waals surface area (Å²) in [5.41, 5.74) is 1.02. The molecule has 1 heterocycles. The molecule has 24 heavy (non-hydrogen) atoms. The molecule has 0 saturated carbocycles. The number of aromatic nitrogens is 2. The molecule has 1 aromatic heterocycles. The number of benzene rings is 2. The van der Waals surface area contributed by atoms with Gasteiger partial charge in [-0.3, -0.25) is 4.79 Å². The fraction of sp³-hybridized carbons (Fsp3) is 0.211. The molecular formula is C19H20N4O. The number of rotatable bonds is 5. The van der Waals surface area contributed by atoms with E-state index >= 15 is 0 Å². The average molecular weight is 320 g/mol. The lowest BCUT2D eigenvalue weighted by atomic mass is 10.0. The van der Waals surface area contributed by atoms with Crippen molar-refractivity contribution < 1.29 is 4.79 Å². The first-order valence-electron chi connectivity index (χ1n) is 7.86. The second kappa shape index (κ2) is 7.08. The Balaban J connectivity index is 1.66. The minimum Gasteiger partial charge on any atom is -0.363 e. The van der Waals surface area contributed by atoms with Gasteiger partial charge in [0.2, 0.25) is 5.91 Å². The third-order valence-corrected chi connectivity index (χ3v) is 3.82. The van der Waals surface area contributed by atoms with Crippen molar-refractivity contribution in [2.24, 2.45) is 0 Å². The highest BCUT2D eigenvalue weighted by Crippen LogP contribution is 2.18. The molecule has 0 atom stereocenters. The largest absolute Gasteiger partial charge is 0.363 e. The van der Waals surface area contributed by atoms with E-state index in [0.29, 0.717) is 18.8 Å². The zero-order valence-corrected chi connectivity index (χ0v) is 13.9. The predicted octanol–water partition coefficient (Wildman–Crippen LogP) is 2.55. The van der Waals surface area contributed by atoms with Gasteiger partial charge < -0.3 is 10.2 Å². The summed E-state index contributed by atoms with van der Waals surface area (Å²) in [6.45, 7) is 0.325. The second-order valence-electron chi connectivity index (χ2n) is 5.82. The zero-order chi connectivity index (χ0) is 16.9. The van der Waals surface area contributed by atoms with Crippen LogP contribution in [0.3, 0.4) is 0 Å². The van der Waals surface area contributed by atoms with Crippen LogP contribution in [0.2, 0.25) is 0 Å². The normalized spacial score (nSPS) is 10.6.